The van der Waals surface area contributed by atoms with Crippen LogP contribution >= 0.6 is 0 Å². The molecule has 1 aliphatic carbocycles. The van der Waals surface area contributed by atoms with E-state index in [1.807, 2.05) is 6.92 Å². The van der Waals surface area contributed by atoms with Crippen LogP contribution in [0.4, 0.5) is 0 Å². The second-order valence-corrected chi connectivity index (χ2v) is 4.63. The van der Waals surface area contributed by atoms with Gasteiger partial charge >= 0.3 is 0 Å². The van der Waals surface area contributed by atoms with E-state index in [1.165, 1.54) is 0 Å². The molecule has 18 heavy (non-hydrogen) atoms. The van der Waals surface area contributed by atoms with E-state index in [-0.39, 0.29) is 17.7 Å². The standard InChI is InChI=1S/C12H18N4O2/c1-7-10(8(2)16-15-7)12(18)14-6-5-13-11(17)9-3-4-9/h9H,3-6H2,1-2H3,(H,13,17)(H,14,18)(H,15,16). The summed E-state index contributed by atoms with van der Waals surface area (Å²) < 4.78 is 0. The van der Waals surface area contributed by atoms with Crippen LogP contribution in [-0.4, -0.2) is 35.1 Å². The van der Waals surface area contributed by atoms with Crippen molar-refractivity contribution < 1.29 is 9.59 Å². The number of aryl methyl sites for hydroxylation is 2. The van der Waals surface area contributed by atoms with Gasteiger partial charge in [0.2, 0.25) is 5.91 Å². The van der Waals surface area contributed by atoms with Gasteiger partial charge in [0.15, 0.2) is 0 Å². The van der Waals surface area contributed by atoms with E-state index in [4.69, 9.17) is 0 Å². The Morgan fingerprint density at radius 2 is 1.94 bits per heavy atom. The first-order chi connectivity index (χ1) is 8.59. The highest BCUT2D eigenvalue weighted by Gasteiger charge is 2.29. The number of amides is 2. The second-order valence-electron chi connectivity index (χ2n) is 4.63. The SMILES string of the molecule is Cc1n[nH]c(C)c1C(=O)NCCNC(=O)C1CC1. The zero-order valence-corrected chi connectivity index (χ0v) is 10.7. The molecule has 1 saturated carbocycles. The van der Waals surface area contributed by atoms with Gasteiger partial charge in [-0.15, -0.1) is 0 Å². The van der Waals surface area contributed by atoms with Gasteiger partial charge in [0.05, 0.1) is 11.3 Å². The molecule has 0 unspecified atom stereocenters. The summed E-state index contributed by atoms with van der Waals surface area (Å²) in [5, 5.41) is 12.3. The lowest BCUT2D eigenvalue weighted by Crippen LogP contribution is -2.35. The first-order valence-electron chi connectivity index (χ1n) is 6.17. The molecule has 0 saturated heterocycles. The first-order valence-corrected chi connectivity index (χ1v) is 6.17. The molecule has 1 fully saturated rings. The van der Waals surface area contributed by atoms with E-state index in [1.54, 1.807) is 6.92 Å². The smallest absolute Gasteiger partial charge is 0.255 e. The van der Waals surface area contributed by atoms with Crippen molar-refractivity contribution in [3.05, 3.63) is 17.0 Å². The quantitative estimate of drug-likeness (QED) is 0.656. The average molecular weight is 250 g/mol. The topological polar surface area (TPSA) is 86.9 Å². The van der Waals surface area contributed by atoms with Crippen molar-refractivity contribution in [1.29, 1.82) is 0 Å². The fourth-order valence-electron chi connectivity index (χ4n) is 1.83. The number of rotatable bonds is 5. The molecular formula is C12H18N4O2. The summed E-state index contributed by atoms with van der Waals surface area (Å²) in [5.41, 5.74) is 2.03. The maximum absolute atomic E-state index is 11.9. The molecule has 6 heteroatoms. The minimum absolute atomic E-state index is 0.0971. The highest BCUT2D eigenvalue weighted by molar-refractivity contribution is 5.96. The van der Waals surface area contributed by atoms with Crippen LogP contribution in [0.3, 0.4) is 0 Å². The lowest BCUT2D eigenvalue weighted by atomic mass is 10.2. The Morgan fingerprint density at radius 3 is 2.50 bits per heavy atom. The zero-order chi connectivity index (χ0) is 13.1. The Balaban J connectivity index is 1.73. The van der Waals surface area contributed by atoms with Gasteiger partial charge in [0.25, 0.3) is 5.91 Å². The fourth-order valence-corrected chi connectivity index (χ4v) is 1.83. The lowest BCUT2D eigenvalue weighted by molar-refractivity contribution is -0.122. The first kappa shape index (κ1) is 12.6. The molecular weight excluding hydrogens is 232 g/mol. The molecule has 6 nitrogen and oxygen atoms in total. The maximum Gasteiger partial charge on any atom is 0.255 e. The van der Waals surface area contributed by atoms with Crippen LogP contribution in [0, 0.1) is 19.8 Å². The zero-order valence-electron chi connectivity index (χ0n) is 10.7. The van der Waals surface area contributed by atoms with Gasteiger partial charge in [0, 0.05) is 24.7 Å². The summed E-state index contributed by atoms with van der Waals surface area (Å²) in [6.07, 6.45) is 1.98. The van der Waals surface area contributed by atoms with Gasteiger partial charge in [-0.1, -0.05) is 0 Å². The van der Waals surface area contributed by atoms with Gasteiger partial charge in [-0.3, -0.25) is 14.7 Å². The summed E-state index contributed by atoms with van der Waals surface area (Å²) in [6, 6.07) is 0. The van der Waals surface area contributed by atoms with Crippen LogP contribution < -0.4 is 10.6 Å². The highest BCUT2D eigenvalue weighted by Crippen LogP contribution is 2.28. The Hall–Kier alpha value is -1.85. The fraction of sp³-hybridized carbons (Fsp3) is 0.583. The third-order valence-corrected chi connectivity index (χ3v) is 3.01. The number of carbonyl (C=O) groups is 2. The van der Waals surface area contributed by atoms with E-state index in [2.05, 4.69) is 20.8 Å². The van der Waals surface area contributed by atoms with Crippen LogP contribution in [0.1, 0.15) is 34.6 Å². The number of nitrogens with one attached hydrogen (secondary N) is 3. The van der Waals surface area contributed by atoms with Crippen LogP contribution in [0.15, 0.2) is 0 Å². The number of carbonyl (C=O) groups excluding carboxylic acids is 2. The molecule has 1 aromatic heterocycles. The summed E-state index contributed by atoms with van der Waals surface area (Å²) in [6.45, 7) is 4.50. The van der Waals surface area contributed by atoms with Crippen LogP contribution in [0.5, 0.6) is 0 Å². The molecule has 1 aromatic rings. The number of H-pyrrole nitrogens is 1. The Kier molecular flexibility index (Phi) is 3.64. The minimum atomic E-state index is -0.153. The largest absolute Gasteiger partial charge is 0.354 e. The van der Waals surface area contributed by atoms with E-state index in [0.717, 1.165) is 18.5 Å². The summed E-state index contributed by atoms with van der Waals surface area (Å²) in [5.74, 6) is 0.151. The Morgan fingerprint density at radius 1 is 1.28 bits per heavy atom. The normalized spacial score (nSPS) is 14.3. The van der Waals surface area contributed by atoms with Crippen LogP contribution in [0.25, 0.3) is 0 Å². The number of aromatic amines is 1. The summed E-state index contributed by atoms with van der Waals surface area (Å²) in [7, 11) is 0. The van der Waals surface area contributed by atoms with Crippen molar-refractivity contribution in [2.24, 2.45) is 5.92 Å². The molecule has 0 aromatic carbocycles. The third kappa shape index (κ3) is 2.88. The van der Waals surface area contributed by atoms with E-state index in [9.17, 15) is 9.59 Å². The molecule has 0 bridgehead atoms. The average Bonchev–Trinajstić information content (AvgIpc) is 3.11. The van der Waals surface area contributed by atoms with Crippen molar-refractivity contribution in [2.75, 3.05) is 13.1 Å². The second kappa shape index (κ2) is 5.20. The lowest BCUT2D eigenvalue weighted by Gasteiger charge is -2.06. The van der Waals surface area contributed by atoms with E-state index in [0.29, 0.717) is 24.3 Å². The maximum atomic E-state index is 11.9. The molecule has 0 radical (unpaired) electrons. The molecule has 1 aliphatic rings. The van der Waals surface area contributed by atoms with Gasteiger partial charge < -0.3 is 10.6 Å². The number of aromatic nitrogens is 2. The number of hydrogen-bond donors (Lipinski definition) is 3. The molecule has 0 aliphatic heterocycles. The third-order valence-electron chi connectivity index (χ3n) is 3.01. The van der Waals surface area contributed by atoms with Gasteiger partial charge in [-0.25, -0.2) is 0 Å². The molecule has 0 atom stereocenters. The van der Waals surface area contributed by atoms with Gasteiger partial charge in [-0.2, -0.15) is 5.10 Å². The van der Waals surface area contributed by atoms with Crippen molar-refractivity contribution in [2.45, 2.75) is 26.7 Å². The van der Waals surface area contributed by atoms with E-state index < -0.39 is 0 Å². The van der Waals surface area contributed by atoms with Gasteiger partial charge in [0.1, 0.15) is 0 Å². The van der Waals surface area contributed by atoms with Crippen LogP contribution in [0.2, 0.25) is 0 Å². The summed E-state index contributed by atoms with van der Waals surface area (Å²) in [4.78, 5) is 23.2. The predicted molar refractivity (Wildman–Crippen MR) is 66.1 cm³/mol. The summed E-state index contributed by atoms with van der Waals surface area (Å²) >= 11 is 0. The monoisotopic (exact) mass is 250 g/mol. The minimum Gasteiger partial charge on any atom is -0.354 e. The predicted octanol–water partition coefficient (Wildman–Crippen LogP) is 0.283. The Bertz CT molecular complexity index is 443. The van der Waals surface area contributed by atoms with Crippen molar-refractivity contribution >= 4 is 11.8 Å². The van der Waals surface area contributed by atoms with Crippen molar-refractivity contribution in [3.63, 3.8) is 0 Å². The van der Waals surface area contributed by atoms with Crippen molar-refractivity contribution in [3.8, 4) is 0 Å². The molecule has 98 valence electrons. The van der Waals surface area contributed by atoms with E-state index >= 15 is 0 Å². The van der Waals surface area contributed by atoms with Crippen LogP contribution in [-0.2, 0) is 4.79 Å². The van der Waals surface area contributed by atoms with Crippen molar-refractivity contribution in [1.82, 2.24) is 20.8 Å². The molecule has 2 rings (SSSR count). The molecule has 3 N–H and O–H groups in total. The molecule has 1 heterocycles. The van der Waals surface area contributed by atoms with Gasteiger partial charge in [-0.05, 0) is 26.7 Å². The Labute approximate surface area is 106 Å². The number of hydrogen-bond acceptors (Lipinski definition) is 3. The molecule has 0 spiro atoms. The molecule has 2 amide bonds. The number of nitrogens with zero attached hydrogens (tertiary/aromatic N) is 1. The highest BCUT2D eigenvalue weighted by atomic mass is 16.2.